The van der Waals surface area contributed by atoms with E-state index < -0.39 is 5.60 Å². The van der Waals surface area contributed by atoms with E-state index in [9.17, 15) is 9.90 Å². The molecular weight excluding hydrogens is 320 g/mol. The smallest absolute Gasteiger partial charge is 0.276 e. The standard InChI is InChI=1S/C18H24N4O3/c1-11-9-22(10-18(11,24)13-5-4-6-13)17(23)15-7-16(25-20-15)14-8-19-21(3)12(14)2/h7-8,11,13,24H,4-6,9-10H2,1-3H3. The van der Waals surface area contributed by atoms with E-state index >= 15 is 0 Å². The van der Waals surface area contributed by atoms with E-state index in [-0.39, 0.29) is 17.5 Å². The van der Waals surface area contributed by atoms with Gasteiger partial charge in [0.25, 0.3) is 5.91 Å². The zero-order valence-corrected chi connectivity index (χ0v) is 14.9. The van der Waals surface area contributed by atoms with Crippen LogP contribution in [0.25, 0.3) is 11.3 Å². The van der Waals surface area contributed by atoms with Crippen molar-refractivity contribution in [1.82, 2.24) is 19.8 Å². The van der Waals surface area contributed by atoms with Crippen molar-refractivity contribution in [2.75, 3.05) is 13.1 Å². The van der Waals surface area contributed by atoms with Crippen LogP contribution in [0.4, 0.5) is 0 Å². The van der Waals surface area contributed by atoms with Gasteiger partial charge in [0.15, 0.2) is 11.5 Å². The van der Waals surface area contributed by atoms with Gasteiger partial charge in [-0.25, -0.2) is 0 Å². The summed E-state index contributed by atoms with van der Waals surface area (Å²) in [5.41, 5.74) is 1.29. The van der Waals surface area contributed by atoms with E-state index in [4.69, 9.17) is 4.52 Å². The first-order chi connectivity index (χ1) is 11.9. The highest BCUT2D eigenvalue weighted by Crippen LogP contribution is 2.44. The van der Waals surface area contributed by atoms with Crippen LogP contribution in [0.15, 0.2) is 16.8 Å². The molecule has 7 nitrogen and oxygen atoms in total. The molecule has 2 unspecified atom stereocenters. The van der Waals surface area contributed by atoms with Crippen molar-refractivity contribution in [3.05, 3.63) is 23.7 Å². The van der Waals surface area contributed by atoms with Crippen LogP contribution in [0.2, 0.25) is 0 Å². The number of aliphatic hydroxyl groups is 1. The second-order valence-electron chi connectivity index (χ2n) is 7.55. The number of aromatic nitrogens is 3. The topological polar surface area (TPSA) is 84.4 Å². The van der Waals surface area contributed by atoms with Gasteiger partial charge in [0, 0.05) is 31.3 Å². The molecule has 0 radical (unpaired) electrons. The van der Waals surface area contributed by atoms with Crippen LogP contribution in [0.5, 0.6) is 0 Å². The van der Waals surface area contributed by atoms with E-state index in [1.807, 2.05) is 20.9 Å². The highest BCUT2D eigenvalue weighted by atomic mass is 16.5. The van der Waals surface area contributed by atoms with Crippen LogP contribution in [0, 0.1) is 18.8 Å². The first-order valence-corrected chi connectivity index (χ1v) is 8.87. The number of hydrogen-bond donors (Lipinski definition) is 1. The molecule has 4 rings (SSSR count). The van der Waals surface area contributed by atoms with Gasteiger partial charge in [0.2, 0.25) is 0 Å². The normalized spacial score (nSPS) is 26.9. The molecule has 25 heavy (non-hydrogen) atoms. The summed E-state index contributed by atoms with van der Waals surface area (Å²) >= 11 is 0. The van der Waals surface area contributed by atoms with Crippen molar-refractivity contribution in [3.8, 4) is 11.3 Å². The number of rotatable bonds is 3. The van der Waals surface area contributed by atoms with Crippen LogP contribution in [0.3, 0.4) is 0 Å². The summed E-state index contributed by atoms with van der Waals surface area (Å²) in [6.07, 6.45) is 4.98. The molecule has 7 heteroatoms. The fourth-order valence-electron chi connectivity index (χ4n) is 4.01. The first-order valence-electron chi connectivity index (χ1n) is 8.87. The number of nitrogens with zero attached hydrogens (tertiary/aromatic N) is 4. The third-order valence-electron chi connectivity index (χ3n) is 6.12. The molecule has 2 aromatic rings. The van der Waals surface area contributed by atoms with Gasteiger partial charge in [-0.3, -0.25) is 9.48 Å². The predicted octanol–water partition coefficient (Wildman–Crippen LogP) is 2.01. The van der Waals surface area contributed by atoms with Gasteiger partial charge in [0.05, 0.1) is 23.9 Å². The number of carbonyl (C=O) groups excluding carboxylic acids is 1. The summed E-state index contributed by atoms with van der Waals surface area (Å²) in [6.45, 7) is 4.90. The van der Waals surface area contributed by atoms with Gasteiger partial charge >= 0.3 is 0 Å². The molecule has 134 valence electrons. The Bertz CT molecular complexity index is 807. The third kappa shape index (κ3) is 2.49. The van der Waals surface area contributed by atoms with Gasteiger partial charge in [-0.15, -0.1) is 0 Å². The van der Waals surface area contributed by atoms with Gasteiger partial charge in [0.1, 0.15) is 0 Å². The van der Waals surface area contributed by atoms with Gasteiger partial charge in [-0.1, -0.05) is 18.5 Å². The second-order valence-corrected chi connectivity index (χ2v) is 7.55. The summed E-state index contributed by atoms with van der Waals surface area (Å²) in [5.74, 6) is 0.744. The van der Waals surface area contributed by atoms with Crippen LogP contribution in [-0.2, 0) is 7.05 Å². The Kier molecular flexibility index (Phi) is 3.72. The molecule has 2 atom stereocenters. The van der Waals surface area contributed by atoms with Crippen molar-refractivity contribution in [3.63, 3.8) is 0 Å². The molecule has 1 aliphatic heterocycles. The van der Waals surface area contributed by atoms with E-state index in [2.05, 4.69) is 10.3 Å². The average molecular weight is 344 g/mol. The predicted molar refractivity (Wildman–Crippen MR) is 90.8 cm³/mol. The average Bonchev–Trinajstić information content (AvgIpc) is 3.19. The quantitative estimate of drug-likeness (QED) is 0.921. The second kappa shape index (κ2) is 5.69. The zero-order valence-electron chi connectivity index (χ0n) is 14.9. The van der Waals surface area contributed by atoms with E-state index in [0.29, 0.717) is 24.8 Å². The van der Waals surface area contributed by atoms with Gasteiger partial charge < -0.3 is 14.5 Å². The lowest BCUT2D eigenvalue weighted by atomic mass is 9.69. The molecule has 1 saturated heterocycles. The molecular formula is C18H24N4O3. The van der Waals surface area contributed by atoms with E-state index in [0.717, 1.165) is 24.1 Å². The summed E-state index contributed by atoms with van der Waals surface area (Å²) < 4.78 is 7.12. The SMILES string of the molecule is Cc1c(-c2cc(C(=O)N3CC(C)C(O)(C4CCC4)C3)no2)cnn1C. The molecule has 1 N–H and O–H groups in total. The third-order valence-corrected chi connectivity index (χ3v) is 6.12. The van der Waals surface area contributed by atoms with Crippen LogP contribution >= 0.6 is 0 Å². The highest BCUT2D eigenvalue weighted by molar-refractivity contribution is 5.93. The Morgan fingerprint density at radius 1 is 1.44 bits per heavy atom. The Balaban J connectivity index is 1.53. The Hall–Kier alpha value is -2.15. The summed E-state index contributed by atoms with van der Waals surface area (Å²) in [6, 6.07) is 1.66. The molecule has 2 fully saturated rings. The van der Waals surface area contributed by atoms with Crippen LogP contribution in [-0.4, -0.2) is 49.5 Å². The summed E-state index contributed by atoms with van der Waals surface area (Å²) in [5, 5.41) is 19.2. The van der Waals surface area contributed by atoms with Crippen molar-refractivity contribution >= 4 is 5.91 Å². The zero-order chi connectivity index (χ0) is 17.8. The largest absolute Gasteiger partial charge is 0.387 e. The Labute approximate surface area is 146 Å². The molecule has 2 aromatic heterocycles. The summed E-state index contributed by atoms with van der Waals surface area (Å²) in [4.78, 5) is 14.5. The number of β-amino-alcohol motifs (C(OH)–C–C–N with tert-alkyl or cyclic N) is 1. The van der Waals surface area contributed by atoms with Gasteiger partial charge in [-0.2, -0.15) is 5.10 Å². The molecule has 1 saturated carbocycles. The van der Waals surface area contributed by atoms with Crippen molar-refractivity contribution < 1.29 is 14.4 Å². The molecule has 0 spiro atoms. The Morgan fingerprint density at radius 2 is 2.20 bits per heavy atom. The highest BCUT2D eigenvalue weighted by Gasteiger charge is 2.51. The maximum atomic E-state index is 12.8. The lowest BCUT2D eigenvalue weighted by Crippen LogP contribution is -2.48. The van der Waals surface area contributed by atoms with E-state index in [1.165, 1.54) is 6.42 Å². The number of hydrogen-bond acceptors (Lipinski definition) is 5. The maximum absolute atomic E-state index is 12.8. The fourth-order valence-corrected chi connectivity index (χ4v) is 4.01. The minimum atomic E-state index is -0.763. The molecule has 1 amide bonds. The Morgan fingerprint density at radius 3 is 2.80 bits per heavy atom. The van der Waals surface area contributed by atoms with E-state index in [1.54, 1.807) is 21.8 Å². The van der Waals surface area contributed by atoms with Crippen molar-refractivity contribution in [1.29, 1.82) is 0 Å². The molecule has 2 aliphatic rings. The monoisotopic (exact) mass is 344 g/mol. The molecule has 0 aromatic carbocycles. The summed E-state index contributed by atoms with van der Waals surface area (Å²) in [7, 11) is 1.86. The number of aryl methyl sites for hydroxylation is 1. The minimum absolute atomic E-state index is 0.0775. The number of carbonyl (C=O) groups is 1. The first kappa shape index (κ1) is 16.3. The van der Waals surface area contributed by atoms with Gasteiger partial charge in [-0.05, 0) is 25.7 Å². The number of amides is 1. The van der Waals surface area contributed by atoms with Crippen molar-refractivity contribution in [2.24, 2.45) is 18.9 Å². The minimum Gasteiger partial charge on any atom is -0.387 e. The number of likely N-dealkylation sites (tertiary alicyclic amines) is 1. The van der Waals surface area contributed by atoms with Crippen LogP contribution in [0.1, 0.15) is 42.4 Å². The maximum Gasteiger partial charge on any atom is 0.276 e. The lowest BCUT2D eigenvalue weighted by Gasteiger charge is -2.41. The molecule has 3 heterocycles. The van der Waals surface area contributed by atoms with Crippen LogP contribution < -0.4 is 0 Å². The fraction of sp³-hybridized carbons (Fsp3) is 0.611. The lowest BCUT2D eigenvalue weighted by molar-refractivity contribution is -0.0660. The molecule has 1 aliphatic carbocycles. The molecule has 0 bridgehead atoms. The van der Waals surface area contributed by atoms with Crippen molar-refractivity contribution in [2.45, 2.75) is 38.7 Å².